The van der Waals surface area contributed by atoms with E-state index in [9.17, 15) is 4.79 Å². The Balaban J connectivity index is 2.39. The van der Waals surface area contributed by atoms with E-state index in [2.05, 4.69) is 12.2 Å². The summed E-state index contributed by atoms with van der Waals surface area (Å²) in [5, 5.41) is 3.43. The van der Waals surface area contributed by atoms with Crippen molar-refractivity contribution in [1.82, 2.24) is 10.2 Å². The summed E-state index contributed by atoms with van der Waals surface area (Å²) in [6, 6.07) is 0.532. The maximum Gasteiger partial charge on any atom is 0.410 e. The van der Waals surface area contributed by atoms with Crippen LogP contribution in [0.5, 0.6) is 0 Å². The number of carbonyl (C=O) groups is 1. The average molecular weight is 286 g/mol. The first-order valence-electron chi connectivity index (χ1n) is 7.64. The Morgan fingerprint density at radius 3 is 2.75 bits per heavy atom. The number of nitrogens with zero attached hydrogens (tertiary/aromatic N) is 1. The van der Waals surface area contributed by atoms with E-state index in [1.54, 1.807) is 0 Å². The first-order chi connectivity index (χ1) is 9.33. The van der Waals surface area contributed by atoms with Crippen LogP contribution < -0.4 is 5.32 Å². The van der Waals surface area contributed by atoms with Crippen LogP contribution in [0.25, 0.3) is 0 Å². The van der Waals surface area contributed by atoms with Crippen molar-refractivity contribution in [2.24, 2.45) is 0 Å². The third kappa shape index (κ3) is 6.09. The van der Waals surface area contributed by atoms with Crippen LogP contribution >= 0.6 is 0 Å². The van der Waals surface area contributed by atoms with Gasteiger partial charge in [-0.15, -0.1) is 0 Å². The monoisotopic (exact) mass is 286 g/mol. The lowest BCUT2D eigenvalue weighted by molar-refractivity contribution is 0.0222. The highest BCUT2D eigenvalue weighted by atomic mass is 16.6. The summed E-state index contributed by atoms with van der Waals surface area (Å²) < 4.78 is 10.8. The summed E-state index contributed by atoms with van der Waals surface area (Å²) in [5.41, 5.74) is -0.431. The van der Waals surface area contributed by atoms with Gasteiger partial charge in [-0.05, 0) is 47.5 Å². The van der Waals surface area contributed by atoms with Gasteiger partial charge in [-0.1, -0.05) is 0 Å². The first-order valence-corrected chi connectivity index (χ1v) is 7.64. The van der Waals surface area contributed by atoms with Gasteiger partial charge >= 0.3 is 6.09 Å². The lowest BCUT2D eigenvalue weighted by Gasteiger charge is -2.29. The molecule has 0 spiro atoms. The van der Waals surface area contributed by atoms with Gasteiger partial charge in [0.05, 0.1) is 6.61 Å². The van der Waals surface area contributed by atoms with Crippen molar-refractivity contribution >= 4 is 6.09 Å². The van der Waals surface area contributed by atoms with E-state index in [4.69, 9.17) is 9.47 Å². The van der Waals surface area contributed by atoms with Gasteiger partial charge in [0, 0.05) is 31.8 Å². The molecule has 1 amide bonds. The fourth-order valence-corrected chi connectivity index (χ4v) is 2.30. The Kier molecular flexibility index (Phi) is 6.76. The van der Waals surface area contributed by atoms with Gasteiger partial charge in [-0.2, -0.15) is 0 Å². The van der Waals surface area contributed by atoms with Crippen molar-refractivity contribution in [3.05, 3.63) is 0 Å². The molecule has 1 N–H and O–H groups in total. The Labute approximate surface area is 123 Å². The van der Waals surface area contributed by atoms with E-state index < -0.39 is 5.60 Å². The van der Waals surface area contributed by atoms with Gasteiger partial charge in [0.1, 0.15) is 5.60 Å². The molecule has 1 aliphatic heterocycles. The van der Waals surface area contributed by atoms with Crippen LogP contribution in [0, 0.1) is 0 Å². The number of carbonyl (C=O) groups excluding carboxylic acids is 1. The van der Waals surface area contributed by atoms with Crippen molar-refractivity contribution in [1.29, 1.82) is 0 Å². The molecule has 1 aliphatic rings. The maximum absolute atomic E-state index is 12.1. The van der Waals surface area contributed by atoms with Gasteiger partial charge in [0.15, 0.2) is 0 Å². The molecule has 0 aromatic carbocycles. The largest absolute Gasteiger partial charge is 0.444 e. The molecule has 5 heteroatoms. The molecule has 0 aromatic rings. The SMILES string of the molecule is CCOCC(C)NCC1CCCN1C(=O)OC(C)(C)C. The minimum absolute atomic E-state index is 0.195. The highest BCUT2D eigenvalue weighted by Crippen LogP contribution is 2.20. The van der Waals surface area contributed by atoms with Crippen LogP contribution in [0.1, 0.15) is 47.5 Å². The van der Waals surface area contributed by atoms with Crippen LogP contribution in [-0.4, -0.2) is 55.0 Å². The van der Waals surface area contributed by atoms with Gasteiger partial charge in [-0.3, -0.25) is 0 Å². The fraction of sp³-hybridized carbons (Fsp3) is 0.933. The number of hydrogen-bond donors (Lipinski definition) is 1. The predicted molar refractivity (Wildman–Crippen MR) is 79.9 cm³/mol. The number of nitrogens with one attached hydrogen (secondary N) is 1. The average Bonchev–Trinajstić information content (AvgIpc) is 2.80. The molecule has 1 saturated heterocycles. The van der Waals surface area contributed by atoms with Crippen LogP contribution in [-0.2, 0) is 9.47 Å². The van der Waals surface area contributed by atoms with E-state index >= 15 is 0 Å². The predicted octanol–water partition coefficient (Wildman–Crippen LogP) is 2.40. The zero-order valence-corrected chi connectivity index (χ0v) is 13.6. The maximum atomic E-state index is 12.1. The molecular formula is C15H30N2O3. The summed E-state index contributed by atoms with van der Waals surface area (Å²) in [6.45, 7) is 12.8. The van der Waals surface area contributed by atoms with E-state index in [-0.39, 0.29) is 12.1 Å². The Morgan fingerprint density at radius 2 is 2.15 bits per heavy atom. The van der Waals surface area contributed by atoms with Crippen molar-refractivity contribution in [3.8, 4) is 0 Å². The normalized spacial score (nSPS) is 21.1. The molecule has 1 fully saturated rings. The summed E-state index contributed by atoms with van der Waals surface area (Å²) in [4.78, 5) is 14.0. The quantitative estimate of drug-likeness (QED) is 0.814. The zero-order chi connectivity index (χ0) is 15.2. The van der Waals surface area contributed by atoms with Crippen LogP contribution in [0.2, 0.25) is 0 Å². The smallest absolute Gasteiger partial charge is 0.410 e. The van der Waals surface area contributed by atoms with Crippen LogP contribution in [0.3, 0.4) is 0 Å². The van der Waals surface area contributed by atoms with Crippen molar-refractivity contribution < 1.29 is 14.3 Å². The molecule has 0 aromatic heterocycles. The summed E-state index contributed by atoms with van der Waals surface area (Å²) in [7, 11) is 0. The van der Waals surface area contributed by atoms with Crippen molar-refractivity contribution in [3.63, 3.8) is 0 Å². The highest BCUT2D eigenvalue weighted by Gasteiger charge is 2.31. The molecule has 5 nitrogen and oxygen atoms in total. The van der Waals surface area contributed by atoms with Gasteiger partial charge in [-0.25, -0.2) is 4.79 Å². The summed E-state index contributed by atoms with van der Waals surface area (Å²) in [6.07, 6.45) is 1.89. The van der Waals surface area contributed by atoms with E-state index in [0.29, 0.717) is 12.6 Å². The molecule has 0 bridgehead atoms. The number of rotatable bonds is 6. The minimum Gasteiger partial charge on any atom is -0.444 e. The Hall–Kier alpha value is -0.810. The second-order valence-corrected chi connectivity index (χ2v) is 6.44. The van der Waals surface area contributed by atoms with Gasteiger partial charge < -0.3 is 19.7 Å². The van der Waals surface area contributed by atoms with Gasteiger partial charge in [0.2, 0.25) is 0 Å². The molecule has 0 saturated carbocycles. The number of amides is 1. The molecule has 2 atom stereocenters. The third-order valence-electron chi connectivity index (χ3n) is 3.28. The number of likely N-dealkylation sites (tertiary alicyclic amines) is 1. The molecule has 1 heterocycles. The summed E-state index contributed by atoms with van der Waals surface area (Å²) in [5.74, 6) is 0. The Morgan fingerprint density at radius 1 is 1.45 bits per heavy atom. The fourth-order valence-electron chi connectivity index (χ4n) is 2.30. The zero-order valence-electron chi connectivity index (χ0n) is 13.6. The minimum atomic E-state index is -0.431. The number of ether oxygens (including phenoxy) is 2. The Bertz CT molecular complexity index is 302. The first kappa shape index (κ1) is 17.2. The molecular weight excluding hydrogens is 256 g/mol. The lowest BCUT2D eigenvalue weighted by atomic mass is 10.2. The topological polar surface area (TPSA) is 50.8 Å². The van der Waals surface area contributed by atoms with Crippen molar-refractivity contribution in [2.75, 3.05) is 26.3 Å². The van der Waals surface area contributed by atoms with Crippen molar-refractivity contribution in [2.45, 2.75) is 65.1 Å². The third-order valence-corrected chi connectivity index (χ3v) is 3.28. The highest BCUT2D eigenvalue weighted by molar-refractivity contribution is 5.69. The second kappa shape index (κ2) is 7.84. The molecule has 2 unspecified atom stereocenters. The summed E-state index contributed by atoms with van der Waals surface area (Å²) >= 11 is 0. The number of hydrogen-bond acceptors (Lipinski definition) is 4. The van der Waals surface area contributed by atoms with Gasteiger partial charge in [0.25, 0.3) is 0 Å². The molecule has 118 valence electrons. The molecule has 0 aliphatic carbocycles. The second-order valence-electron chi connectivity index (χ2n) is 6.44. The van der Waals surface area contributed by atoms with Crippen LogP contribution in [0.15, 0.2) is 0 Å². The molecule has 0 radical (unpaired) electrons. The van der Waals surface area contributed by atoms with Crippen LogP contribution in [0.4, 0.5) is 4.79 Å². The molecule has 1 rings (SSSR count). The lowest BCUT2D eigenvalue weighted by Crippen LogP contribution is -2.46. The van der Waals surface area contributed by atoms with E-state index in [1.807, 2.05) is 32.6 Å². The van der Waals surface area contributed by atoms with E-state index in [0.717, 1.165) is 32.5 Å². The van der Waals surface area contributed by atoms with E-state index in [1.165, 1.54) is 0 Å². The molecule has 20 heavy (non-hydrogen) atoms. The standard InChI is InChI=1S/C15H30N2O3/c1-6-19-11-12(2)16-10-13-8-7-9-17(13)14(18)20-15(3,4)5/h12-13,16H,6-11H2,1-5H3.